The quantitative estimate of drug-likeness (QED) is 0.160. The van der Waals surface area contributed by atoms with Crippen LogP contribution in [0.15, 0.2) is 231 Å². The maximum absolute atomic E-state index is 5.31. The van der Waals surface area contributed by atoms with Crippen LogP contribution < -0.4 is 0 Å². The maximum atomic E-state index is 5.31. The normalized spacial score (nSPS) is 11.8. The summed E-state index contributed by atoms with van der Waals surface area (Å²) in [5, 5.41) is 7.11. The summed E-state index contributed by atoms with van der Waals surface area (Å²) in [6.45, 7) is 4.21. The van der Waals surface area contributed by atoms with Crippen molar-refractivity contribution < 1.29 is 0 Å². The SMILES string of the molecule is Cc1cccc(-c2nc(-c3cccc(C)c3)nc(-n3c4ccc(-c5ccc6c(c5)c5ccccc5n6-c5ccccc5)cc4c4cc(-c5ccc6c(c5)c5ccccc5n6-c5ccccc5)ccc43)n2)c1. The lowest BCUT2D eigenvalue weighted by molar-refractivity contribution is 0.953. The third kappa shape index (κ3) is 6.68. The third-order valence-corrected chi connectivity index (χ3v) is 14.2. The molecule has 14 aromatic rings. The van der Waals surface area contributed by atoms with E-state index in [1.54, 1.807) is 0 Å². The van der Waals surface area contributed by atoms with E-state index in [0.717, 1.165) is 77.7 Å². The summed E-state index contributed by atoms with van der Waals surface area (Å²) in [6.07, 6.45) is 0. The molecule has 0 amide bonds. The second-order valence-electron chi connectivity index (χ2n) is 18.7. The van der Waals surface area contributed by atoms with Crippen molar-refractivity contribution in [1.82, 2.24) is 28.7 Å². The lowest BCUT2D eigenvalue weighted by atomic mass is 9.98. The summed E-state index contributed by atoms with van der Waals surface area (Å²) in [6, 6.07) is 83.0. The molecule has 6 heteroatoms. The molecule has 4 heterocycles. The van der Waals surface area contributed by atoms with Crippen LogP contribution in [-0.4, -0.2) is 28.7 Å². The Morgan fingerprint density at radius 1 is 0.254 bits per heavy atom. The van der Waals surface area contributed by atoms with Crippen LogP contribution in [0.3, 0.4) is 0 Å². The molecule has 6 nitrogen and oxygen atoms in total. The minimum atomic E-state index is 0.568. The van der Waals surface area contributed by atoms with Gasteiger partial charge in [0.1, 0.15) is 0 Å². The summed E-state index contributed by atoms with van der Waals surface area (Å²) < 4.78 is 6.97. The fourth-order valence-electron chi connectivity index (χ4n) is 10.9. The van der Waals surface area contributed by atoms with Crippen molar-refractivity contribution >= 4 is 65.4 Å². The Morgan fingerprint density at radius 2 is 0.606 bits per heavy atom. The summed E-state index contributed by atoms with van der Waals surface area (Å²) in [5.41, 5.74) is 17.8. The van der Waals surface area contributed by atoms with Crippen LogP contribution in [0.1, 0.15) is 11.1 Å². The predicted molar refractivity (Wildman–Crippen MR) is 294 cm³/mol. The van der Waals surface area contributed by atoms with Gasteiger partial charge >= 0.3 is 0 Å². The lowest BCUT2D eigenvalue weighted by Crippen LogP contribution is -2.06. The average Bonchev–Trinajstić information content (AvgIpc) is 4.06. The Bertz CT molecular complexity index is 4150. The Hall–Kier alpha value is -9.39. The van der Waals surface area contributed by atoms with Crippen LogP contribution in [0.4, 0.5) is 0 Å². The van der Waals surface area contributed by atoms with E-state index in [-0.39, 0.29) is 0 Å². The van der Waals surface area contributed by atoms with E-state index in [1.807, 2.05) is 0 Å². The van der Waals surface area contributed by atoms with Gasteiger partial charge in [-0.2, -0.15) is 9.97 Å². The molecule has 10 aromatic carbocycles. The maximum Gasteiger partial charge on any atom is 0.238 e. The first-order chi connectivity index (χ1) is 35.0. The molecule has 0 spiro atoms. The first-order valence-corrected chi connectivity index (χ1v) is 24.2. The van der Waals surface area contributed by atoms with E-state index in [1.165, 1.54) is 43.6 Å². The molecule has 0 aliphatic carbocycles. The highest BCUT2D eigenvalue weighted by molar-refractivity contribution is 6.14. The molecular formula is C65H44N6. The summed E-state index contributed by atoms with van der Waals surface area (Å²) in [7, 11) is 0. The van der Waals surface area contributed by atoms with Crippen LogP contribution in [0.25, 0.3) is 128 Å². The lowest BCUT2D eigenvalue weighted by Gasteiger charge is -2.12. The van der Waals surface area contributed by atoms with Crippen LogP contribution in [-0.2, 0) is 0 Å². The zero-order chi connectivity index (χ0) is 47.2. The summed E-state index contributed by atoms with van der Waals surface area (Å²) in [5.74, 6) is 1.83. The smallest absolute Gasteiger partial charge is 0.238 e. The zero-order valence-corrected chi connectivity index (χ0v) is 39.1. The van der Waals surface area contributed by atoms with Gasteiger partial charge in [-0.3, -0.25) is 4.57 Å². The molecule has 0 aliphatic rings. The predicted octanol–water partition coefficient (Wildman–Crippen LogP) is 16.4. The first kappa shape index (κ1) is 40.7. The largest absolute Gasteiger partial charge is 0.309 e. The monoisotopic (exact) mass is 908 g/mol. The highest BCUT2D eigenvalue weighted by Crippen LogP contribution is 2.41. The number of hydrogen-bond donors (Lipinski definition) is 0. The van der Waals surface area contributed by atoms with Crippen molar-refractivity contribution in [3.8, 4) is 62.4 Å². The van der Waals surface area contributed by atoms with Crippen molar-refractivity contribution in [3.63, 3.8) is 0 Å². The average molecular weight is 909 g/mol. The fourth-order valence-corrected chi connectivity index (χ4v) is 10.9. The van der Waals surface area contributed by atoms with E-state index < -0.39 is 0 Å². The number of nitrogens with zero attached hydrogens (tertiary/aromatic N) is 6. The Labute approximate surface area is 410 Å². The molecule has 0 bridgehead atoms. The van der Waals surface area contributed by atoms with Crippen molar-refractivity contribution in [2.24, 2.45) is 0 Å². The Kier molecular flexibility index (Phi) is 9.23. The summed E-state index contributed by atoms with van der Waals surface area (Å²) >= 11 is 0. The molecule has 334 valence electrons. The standard InChI is InChI=1S/C65H44N6/c1-41-15-13-17-47(35-41)63-66-64(48-18-14-16-42(2)36-48)68-65(67-63)71-61-33-29-45(43-27-31-59-53(37-43)51-23-9-11-25-57(51)69(59)49-19-5-3-6-20-49)39-55(61)56-40-46(30-34-62(56)71)44-28-32-60-54(38-44)52-24-10-12-26-58(52)70(60)50-21-7-4-8-22-50/h3-40H,1-2H3. The van der Waals surface area contributed by atoms with E-state index in [0.29, 0.717) is 17.6 Å². The van der Waals surface area contributed by atoms with Crippen molar-refractivity contribution in [1.29, 1.82) is 0 Å². The molecule has 0 atom stereocenters. The number of hydrogen-bond acceptors (Lipinski definition) is 3. The van der Waals surface area contributed by atoms with Gasteiger partial charge in [-0.25, -0.2) is 4.98 Å². The Balaban J connectivity index is 1.000. The number of fused-ring (bicyclic) bond motifs is 9. The molecule has 0 aliphatic heterocycles. The fraction of sp³-hybridized carbons (Fsp3) is 0.0308. The minimum Gasteiger partial charge on any atom is -0.309 e. The molecule has 4 aromatic heterocycles. The third-order valence-electron chi connectivity index (χ3n) is 14.2. The van der Waals surface area contributed by atoms with Crippen LogP contribution >= 0.6 is 0 Å². The number of para-hydroxylation sites is 4. The van der Waals surface area contributed by atoms with Crippen molar-refractivity contribution in [3.05, 3.63) is 242 Å². The second kappa shape index (κ2) is 16.1. The van der Waals surface area contributed by atoms with Gasteiger partial charge in [0, 0.05) is 54.8 Å². The summed E-state index contributed by atoms with van der Waals surface area (Å²) in [4.78, 5) is 15.8. The molecule has 0 fully saturated rings. The zero-order valence-electron chi connectivity index (χ0n) is 39.1. The van der Waals surface area contributed by atoms with Gasteiger partial charge < -0.3 is 9.13 Å². The van der Waals surface area contributed by atoms with Gasteiger partial charge in [0.15, 0.2) is 11.6 Å². The van der Waals surface area contributed by atoms with Gasteiger partial charge in [-0.15, -0.1) is 0 Å². The number of rotatable bonds is 7. The van der Waals surface area contributed by atoms with Gasteiger partial charge in [0.2, 0.25) is 5.95 Å². The highest BCUT2D eigenvalue weighted by Gasteiger charge is 2.21. The number of aryl methyl sites for hydroxylation is 2. The molecule has 0 unspecified atom stereocenters. The minimum absolute atomic E-state index is 0.568. The van der Waals surface area contributed by atoms with E-state index in [2.05, 4.69) is 258 Å². The van der Waals surface area contributed by atoms with E-state index in [4.69, 9.17) is 15.0 Å². The molecule has 71 heavy (non-hydrogen) atoms. The molecular weight excluding hydrogens is 865 g/mol. The van der Waals surface area contributed by atoms with Crippen LogP contribution in [0, 0.1) is 13.8 Å². The van der Waals surface area contributed by atoms with E-state index >= 15 is 0 Å². The number of aromatic nitrogens is 6. The topological polar surface area (TPSA) is 53.5 Å². The first-order valence-electron chi connectivity index (χ1n) is 24.2. The molecule has 0 saturated heterocycles. The van der Waals surface area contributed by atoms with Crippen molar-refractivity contribution in [2.75, 3.05) is 0 Å². The van der Waals surface area contributed by atoms with Gasteiger partial charge in [0.05, 0.1) is 33.1 Å². The van der Waals surface area contributed by atoms with Gasteiger partial charge in [-0.1, -0.05) is 145 Å². The second-order valence-corrected chi connectivity index (χ2v) is 18.7. The molecule has 0 N–H and O–H groups in total. The number of benzene rings is 10. The highest BCUT2D eigenvalue weighted by atomic mass is 15.2. The van der Waals surface area contributed by atoms with E-state index in [9.17, 15) is 0 Å². The van der Waals surface area contributed by atoms with Gasteiger partial charge in [-0.05, 0) is 133 Å². The van der Waals surface area contributed by atoms with Crippen molar-refractivity contribution in [2.45, 2.75) is 13.8 Å². The van der Waals surface area contributed by atoms with Crippen LogP contribution in [0.2, 0.25) is 0 Å². The van der Waals surface area contributed by atoms with Crippen LogP contribution in [0.5, 0.6) is 0 Å². The molecule has 14 rings (SSSR count). The van der Waals surface area contributed by atoms with Gasteiger partial charge in [0.25, 0.3) is 0 Å². The molecule has 0 saturated carbocycles. The molecule has 0 radical (unpaired) electrons. The Morgan fingerprint density at radius 3 is 1.01 bits per heavy atom.